The van der Waals surface area contributed by atoms with E-state index in [1.165, 1.54) is 22.3 Å². The van der Waals surface area contributed by atoms with Crippen LogP contribution in [-0.4, -0.2) is 0 Å². The molecule has 0 aliphatic heterocycles. The molecule has 2 aromatic rings. The van der Waals surface area contributed by atoms with Crippen molar-refractivity contribution in [3.05, 3.63) is 70.8 Å². The molecule has 0 nitrogen and oxygen atoms in total. The minimum Gasteiger partial charge on any atom is -0.0876 e. The monoisotopic (exact) mass is 524 g/mol. The van der Waals surface area contributed by atoms with Crippen molar-refractivity contribution in [1.29, 1.82) is 0 Å². The molecule has 0 heterocycles. The number of hydrogen-bond donors (Lipinski definition) is 0. The van der Waals surface area contributed by atoms with Gasteiger partial charge in [-0.2, -0.15) is 0 Å². The maximum Gasteiger partial charge on any atom is 0.0286 e. The van der Waals surface area contributed by atoms with Crippen LogP contribution in [0.2, 0.25) is 0 Å². The highest BCUT2D eigenvalue weighted by Gasteiger charge is 1.96. The standard InChI is InChI=1S/2C8H8Br2/c2*9-5-7-3-1-2-4-8(7)6-10/h2*1-4H,5-6H2. The number of benzene rings is 2. The molecule has 2 rings (SSSR count). The van der Waals surface area contributed by atoms with E-state index in [0.717, 1.165) is 21.3 Å². The molecule has 0 unspecified atom stereocenters. The minimum atomic E-state index is 0.939. The lowest BCUT2D eigenvalue weighted by atomic mass is 10.1. The van der Waals surface area contributed by atoms with E-state index in [2.05, 4.69) is 112 Å². The second-order valence-electron chi connectivity index (χ2n) is 4.07. The van der Waals surface area contributed by atoms with Crippen molar-refractivity contribution in [3.8, 4) is 0 Å². The molecule has 0 saturated heterocycles. The van der Waals surface area contributed by atoms with E-state index in [9.17, 15) is 0 Å². The van der Waals surface area contributed by atoms with E-state index in [-0.39, 0.29) is 0 Å². The fourth-order valence-corrected chi connectivity index (χ4v) is 3.82. The topological polar surface area (TPSA) is 0 Å². The summed E-state index contributed by atoms with van der Waals surface area (Å²) in [7, 11) is 0. The Morgan fingerprint density at radius 3 is 0.800 bits per heavy atom. The van der Waals surface area contributed by atoms with E-state index in [0.29, 0.717) is 0 Å². The number of rotatable bonds is 4. The second kappa shape index (κ2) is 11.0. The maximum atomic E-state index is 3.43. The fourth-order valence-electron chi connectivity index (χ4n) is 1.64. The van der Waals surface area contributed by atoms with Crippen LogP contribution < -0.4 is 0 Å². The van der Waals surface area contributed by atoms with Crippen LogP contribution in [0.1, 0.15) is 22.3 Å². The molecular formula is C16H16Br4. The minimum absolute atomic E-state index is 0.939. The first-order chi connectivity index (χ1) is 9.76. The van der Waals surface area contributed by atoms with Crippen LogP contribution in [0.4, 0.5) is 0 Å². The smallest absolute Gasteiger partial charge is 0.0286 e. The lowest BCUT2D eigenvalue weighted by Gasteiger charge is -2.00. The third kappa shape index (κ3) is 6.00. The zero-order chi connectivity index (χ0) is 14.8. The first-order valence-corrected chi connectivity index (χ1v) is 10.6. The first-order valence-electron chi connectivity index (χ1n) is 6.14. The molecule has 0 atom stereocenters. The van der Waals surface area contributed by atoms with Gasteiger partial charge in [0.15, 0.2) is 0 Å². The van der Waals surface area contributed by atoms with Gasteiger partial charge in [0.05, 0.1) is 0 Å². The average molecular weight is 528 g/mol. The van der Waals surface area contributed by atoms with Gasteiger partial charge >= 0.3 is 0 Å². The molecular weight excluding hydrogens is 512 g/mol. The zero-order valence-electron chi connectivity index (χ0n) is 11.0. The molecule has 0 fully saturated rings. The number of hydrogen-bond acceptors (Lipinski definition) is 0. The van der Waals surface area contributed by atoms with Crippen LogP contribution in [0, 0.1) is 0 Å². The predicted octanol–water partition coefficient (Wildman–Crippen LogP) is 6.95. The maximum absolute atomic E-state index is 3.43. The Labute approximate surface area is 154 Å². The Balaban J connectivity index is 0.000000200. The van der Waals surface area contributed by atoms with Crippen molar-refractivity contribution in [1.82, 2.24) is 0 Å². The summed E-state index contributed by atoms with van der Waals surface area (Å²) >= 11 is 13.7. The van der Waals surface area contributed by atoms with Crippen LogP contribution in [0.25, 0.3) is 0 Å². The Kier molecular flexibility index (Phi) is 10.1. The van der Waals surface area contributed by atoms with Gasteiger partial charge < -0.3 is 0 Å². The van der Waals surface area contributed by atoms with Gasteiger partial charge in [-0.1, -0.05) is 112 Å². The second-order valence-corrected chi connectivity index (χ2v) is 6.31. The Morgan fingerprint density at radius 2 is 0.650 bits per heavy atom. The summed E-state index contributed by atoms with van der Waals surface area (Å²) < 4.78 is 0. The molecule has 20 heavy (non-hydrogen) atoms. The zero-order valence-corrected chi connectivity index (χ0v) is 17.3. The van der Waals surface area contributed by atoms with Gasteiger partial charge in [0.25, 0.3) is 0 Å². The van der Waals surface area contributed by atoms with Gasteiger partial charge in [-0.25, -0.2) is 0 Å². The molecule has 0 radical (unpaired) electrons. The van der Waals surface area contributed by atoms with E-state index in [4.69, 9.17) is 0 Å². The number of halogens is 4. The average Bonchev–Trinajstić information content (AvgIpc) is 2.55. The highest BCUT2D eigenvalue weighted by Crippen LogP contribution is 2.15. The third-order valence-corrected chi connectivity index (χ3v) is 5.23. The van der Waals surface area contributed by atoms with Crippen LogP contribution in [-0.2, 0) is 21.3 Å². The molecule has 4 heteroatoms. The normalized spacial score (nSPS) is 9.80. The van der Waals surface area contributed by atoms with Gasteiger partial charge in [0.1, 0.15) is 0 Å². The van der Waals surface area contributed by atoms with E-state index < -0.39 is 0 Å². The fraction of sp³-hybridized carbons (Fsp3) is 0.250. The molecule has 0 bridgehead atoms. The number of alkyl halides is 4. The van der Waals surface area contributed by atoms with Crippen molar-refractivity contribution in [2.45, 2.75) is 21.3 Å². The highest BCUT2D eigenvalue weighted by atomic mass is 79.9. The Bertz CT molecular complexity index is 418. The first kappa shape index (κ1) is 18.4. The molecule has 108 valence electrons. The molecule has 0 aromatic heterocycles. The van der Waals surface area contributed by atoms with Crippen LogP contribution in [0.15, 0.2) is 48.5 Å². The Hall–Kier alpha value is 0.360. The van der Waals surface area contributed by atoms with Gasteiger partial charge in [-0.05, 0) is 22.3 Å². The molecule has 0 aliphatic carbocycles. The summed E-state index contributed by atoms with van der Waals surface area (Å²) in [5, 5.41) is 3.76. The van der Waals surface area contributed by atoms with Crippen LogP contribution >= 0.6 is 63.7 Å². The van der Waals surface area contributed by atoms with E-state index in [1.54, 1.807) is 0 Å². The van der Waals surface area contributed by atoms with Crippen molar-refractivity contribution in [3.63, 3.8) is 0 Å². The third-order valence-electron chi connectivity index (χ3n) is 2.81. The quantitative estimate of drug-likeness (QED) is 0.377. The summed E-state index contributed by atoms with van der Waals surface area (Å²) in [4.78, 5) is 0. The summed E-state index contributed by atoms with van der Waals surface area (Å²) in [6.45, 7) is 0. The van der Waals surface area contributed by atoms with E-state index >= 15 is 0 Å². The largest absolute Gasteiger partial charge is 0.0876 e. The Morgan fingerprint density at radius 1 is 0.450 bits per heavy atom. The van der Waals surface area contributed by atoms with Crippen molar-refractivity contribution in [2.75, 3.05) is 0 Å². The molecule has 0 N–H and O–H groups in total. The van der Waals surface area contributed by atoms with Crippen molar-refractivity contribution >= 4 is 63.7 Å². The van der Waals surface area contributed by atoms with Crippen LogP contribution in [0.3, 0.4) is 0 Å². The van der Waals surface area contributed by atoms with Crippen molar-refractivity contribution in [2.24, 2.45) is 0 Å². The van der Waals surface area contributed by atoms with Crippen molar-refractivity contribution < 1.29 is 0 Å². The molecule has 0 spiro atoms. The van der Waals surface area contributed by atoms with Gasteiger partial charge in [-0.15, -0.1) is 0 Å². The summed E-state index contributed by atoms with van der Waals surface area (Å²) in [6, 6.07) is 16.8. The molecule has 0 saturated carbocycles. The van der Waals surface area contributed by atoms with Gasteiger partial charge in [0.2, 0.25) is 0 Å². The summed E-state index contributed by atoms with van der Waals surface area (Å²) in [5.41, 5.74) is 5.44. The van der Waals surface area contributed by atoms with Gasteiger partial charge in [-0.3, -0.25) is 0 Å². The lowest BCUT2D eigenvalue weighted by molar-refractivity contribution is 1.30. The molecule has 0 aliphatic rings. The van der Waals surface area contributed by atoms with Gasteiger partial charge in [0, 0.05) is 21.3 Å². The predicted molar refractivity (Wildman–Crippen MR) is 103 cm³/mol. The summed E-state index contributed by atoms with van der Waals surface area (Å²) in [5.74, 6) is 0. The van der Waals surface area contributed by atoms with Crippen LogP contribution in [0.5, 0.6) is 0 Å². The molecule has 0 amide bonds. The highest BCUT2D eigenvalue weighted by molar-refractivity contribution is 9.09. The lowest BCUT2D eigenvalue weighted by Crippen LogP contribution is -1.84. The van der Waals surface area contributed by atoms with E-state index in [1.807, 2.05) is 0 Å². The SMILES string of the molecule is BrCc1ccccc1CBr.BrCc1ccccc1CBr. The summed E-state index contributed by atoms with van der Waals surface area (Å²) in [6.07, 6.45) is 0. The molecule has 2 aromatic carbocycles.